The van der Waals surface area contributed by atoms with E-state index in [0.29, 0.717) is 18.0 Å². The van der Waals surface area contributed by atoms with Gasteiger partial charge in [-0.25, -0.2) is 4.98 Å². The quantitative estimate of drug-likeness (QED) is 0.262. The number of carbonyl (C=O) groups excluding carboxylic acids is 1. The van der Waals surface area contributed by atoms with Crippen molar-refractivity contribution in [2.75, 3.05) is 37.8 Å². The van der Waals surface area contributed by atoms with E-state index in [9.17, 15) is 4.79 Å². The number of aromatic nitrogens is 1. The molecule has 3 rings (SSSR count). The SMILES string of the molecule is Cc1c(Cl)ccc2sc(N(CCN(C)C)C(=O)CCCSc3ccc(Cl)cc3)nc12. The Morgan fingerprint density at radius 2 is 1.83 bits per heavy atom. The number of halogens is 2. The molecule has 3 aromatic rings. The third-order valence-corrected chi connectivity index (χ3v) is 7.46. The van der Waals surface area contributed by atoms with Crippen molar-refractivity contribution in [2.45, 2.75) is 24.7 Å². The van der Waals surface area contributed by atoms with Gasteiger partial charge in [0.25, 0.3) is 0 Å². The first-order valence-corrected chi connectivity index (χ1v) is 12.3. The molecule has 0 atom stereocenters. The summed E-state index contributed by atoms with van der Waals surface area (Å²) in [5, 5.41) is 2.18. The average Bonchev–Trinajstić information content (AvgIpc) is 3.14. The van der Waals surface area contributed by atoms with Gasteiger partial charge in [-0.15, -0.1) is 11.8 Å². The van der Waals surface area contributed by atoms with Crippen LogP contribution in [0.5, 0.6) is 0 Å². The number of anilines is 1. The van der Waals surface area contributed by atoms with Crippen LogP contribution in [0.25, 0.3) is 10.2 Å². The second-order valence-electron chi connectivity index (χ2n) is 7.27. The van der Waals surface area contributed by atoms with Crippen molar-refractivity contribution in [1.29, 1.82) is 0 Å². The maximum atomic E-state index is 13.1. The number of nitrogens with zero attached hydrogens (tertiary/aromatic N) is 3. The Hall–Kier alpha value is -1.31. The molecule has 4 nitrogen and oxygen atoms in total. The zero-order valence-electron chi connectivity index (χ0n) is 17.3. The minimum Gasteiger partial charge on any atom is -0.308 e. The molecule has 1 heterocycles. The predicted molar refractivity (Wildman–Crippen MR) is 132 cm³/mol. The molecule has 0 radical (unpaired) electrons. The van der Waals surface area contributed by atoms with Crippen LogP contribution >= 0.6 is 46.3 Å². The van der Waals surface area contributed by atoms with Crippen molar-refractivity contribution in [3.05, 3.63) is 52.0 Å². The van der Waals surface area contributed by atoms with E-state index in [2.05, 4.69) is 4.90 Å². The third-order valence-electron chi connectivity index (χ3n) is 4.66. The summed E-state index contributed by atoms with van der Waals surface area (Å²) in [5.74, 6) is 0.986. The van der Waals surface area contributed by atoms with Crippen LogP contribution in [0.1, 0.15) is 18.4 Å². The van der Waals surface area contributed by atoms with Gasteiger partial charge in [-0.2, -0.15) is 0 Å². The molecule has 0 saturated heterocycles. The molecule has 0 aliphatic heterocycles. The van der Waals surface area contributed by atoms with Gasteiger partial charge in [-0.3, -0.25) is 9.69 Å². The Morgan fingerprint density at radius 3 is 2.53 bits per heavy atom. The molecule has 160 valence electrons. The third kappa shape index (κ3) is 6.11. The van der Waals surface area contributed by atoms with E-state index in [1.807, 2.05) is 62.3 Å². The largest absolute Gasteiger partial charge is 0.308 e. The summed E-state index contributed by atoms with van der Waals surface area (Å²) in [5.41, 5.74) is 1.83. The van der Waals surface area contributed by atoms with Crippen LogP contribution in [0, 0.1) is 6.92 Å². The van der Waals surface area contributed by atoms with E-state index in [0.717, 1.165) is 49.5 Å². The number of amides is 1. The van der Waals surface area contributed by atoms with E-state index in [4.69, 9.17) is 28.2 Å². The highest BCUT2D eigenvalue weighted by Crippen LogP contribution is 2.34. The fourth-order valence-corrected chi connectivity index (χ4v) is 5.11. The van der Waals surface area contributed by atoms with Crippen LogP contribution in [-0.2, 0) is 4.79 Å². The van der Waals surface area contributed by atoms with E-state index < -0.39 is 0 Å². The van der Waals surface area contributed by atoms with Gasteiger partial charge < -0.3 is 4.90 Å². The molecule has 30 heavy (non-hydrogen) atoms. The van der Waals surface area contributed by atoms with Crippen LogP contribution in [0.4, 0.5) is 5.13 Å². The Kier molecular flexibility index (Phi) is 8.43. The van der Waals surface area contributed by atoms with Gasteiger partial charge in [-0.1, -0.05) is 34.5 Å². The maximum Gasteiger partial charge on any atom is 0.228 e. The summed E-state index contributed by atoms with van der Waals surface area (Å²) in [4.78, 5) is 22.9. The molecule has 2 aromatic carbocycles. The number of carbonyl (C=O) groups is 1. The van der Waals surface area contributed by atoms with Crippen LogP contribution in [0.3, 0.4) is 0 Å². The van der Waals surface area contributed by atoms with Crippen molar-refractivity contribution in [3.8, 4) is 0 Å². The second-order valence-corrected chi connectivity index (χ2v) is 10.3. The molecule has 0 unspecified atom stereocenters. The number of thioether (sulfide) groups is 1. The summed E-state index contributed by atoms with van der Waals surface area (Å²) >= 11 is 15.5. The van der Waals surface area contributed by atoms with Gasteiger partial charge >= 0.3 is 0 Å². The number of likely N-dealkylation sites (N-methyl/N-ethyl adjacent to an activating group) is 1. The lowest BCUT2D eigenvalue weighted by Crippen LogP contribution is -2.36. The van der Waals surface area contributed by atoms with Crippen molar-refractivity contribution in [2.24, 2.45) is 0 Å². The maximum absolute atomic E-state index is 13.1. The van der Waals surface area contributed by atoms with Crippen molar-refractivity contribution < 1.29 is 4.79 Å². The Labute approximate surface area is 196 Å². The second kappa shape index (κ2) is 10.8. The molecule has 0 fully saturated rings. The monoisotopic (exact) mass is 481 g/mol. The number of hydrogen-bond acceptors (Lipinski definition) is 5. The molecule has 0 spiro atoms. The zero-order valence-corrected chi connectivity index (χ0v) is 20.5. The van der Waals surface area contributed by atoms with Crippen molar-refractivity contribution in [1.82, 2.24) is 9.88 Å². The van der Waals surface area contributed by atoms with E-state index in [1.54, 1.807) is 23.1 Å². The molecule has 0 bridgehead atoms. The van der Waals surface area contributed by atoms with Gasteiger partial charge in [0.05, 0.1) is 10.2 Å². The zero-order chi connectivity index (χ0) is 21.7. The van der Waals surface area contributed by atoms with E-state index in [-0.39, 0.29) is 5.91 Å². The normalized spacial score (nSPS) is 11.4. The molecular formula is C22H25Cl2N3OS2. The van der Waals surface area contributed by atoms with Gasteiger partial charge in [0.15, 0.2) is 5.13 Å². The first-order chi connectivity index (χ1) is 14.3. The number of fused-ring (bicyclic) bond motifs is 1. The summed E-state index contributed by atoms with van der Waals surface area (Å²) in [6, 6.07) is 11.7. The lowest BCUT2D eigenvalue weighted by atomic mass is 10.2. The highest BCUT2D eigenvalue weighted by atomic mass is 35.5. The molecule has 8 heteroatoms. The minimum atomic E-state index is 0.108. The van der Waals surface area contributed by atoms with Crippen molar-refractivity contribution in [3.63, 3.8) is 0 Å². The lowest BCUT2D eigenvalue weighted by Gasteiger charge is -2.22. The van der Waals surface area contributed by atoms with Gasteiger partial charge in [0.2, 0.25) is 5.91 Å². The molecule has 0 saturated carbocycles. The predicted octanol–water partition coefficient (Wildman–Crippen LogP) is 6.38. The molecule has 0 aliphatic rings. The summed E-state index contributed by atoms with van der Waals surface area (Å²) in [6.45, 7) is 3.36. The lowest BCUT2D eigenvalue weighted by molar-refractivity contribution is -0.118. The molecule has 1 amide bonds. The van der Waals surface area contributed by atoms with Crippen LogP contribution < -0.4 is 4.90 Å². The Morgan fingerprint density at radius 1 is 1.10 bits per heavy atom. The number of benzene rings is 2. The van der Waals surface area contributed by atoms with Gasteiger partial charge in [0, 0.05) is 34.5 Å². The Balaban J connectivity index is 1.67. The number of rotatable bonds is 9. The molecule has 1 aromatic heterocycles. The number of thiazole rings is 1. The molecular weight excluding hydrogens is 457 g/mol. The van der Waals surface area contributed by atoms with Gasteiger partial charge in [0.1, 0.15) is 0 Å². The number of hydrogen-bond donors (Lipinski definition) is 0. The standard InChI is InChI=1S/C22H25Cl2N3OS2/c1-15-18(24)10-11-19-21(15)25-22(30-19)27(13-12-26(2)3)20(28)5-4-14-29-17-8-6-16(23)7-9-17/h6-11H,4-5,12-14H2,1-3H3. The van der Waals surface area contributed by atoms with E-state index in [1.165, 1.54) is 0 Å². The minimum absolute atomic E-state index is 0.108. The summed E-state index contributed by atoms with van der Waals surface area (Å²) in [7, 11) is 4.02. The smallest absolute Gasteiger partial charge is 0.228 e. The number of aryl methyl sites for hydroxylation is 1. The fourth-order valence-electron chi connectivity index (χ4n) is 2.91. The van der Waals surface area contributed by atoms with E-state index >= 15 is 0 Å². The van der Waals surface area contributed by atoms with Crippen LogP contribution in [-0.4, -0.2) is 48.7 Å². The highest BCUT2D eigenvalue weighted by Gasteiger charge is 2.20. The van der Waals surface area contributed by atoms with Crippen LogP contribution in [0.15, 0.2) is 41.3 Å². The first kappa shape index (κ1) is 23.4. The fraction of sp³-hybridized carbons (Fsp3) is 0.364. The van der Waals surface area contributed by atoms with Crippen molar-refractivity contribution >= 4 is 67.6 Å². The Bertz CT molecular complexity index is 1010. The molecule has 0 N–H and O–H groups in total. The molecule has 0 aliphatic carbocycles. The topological polar surface area (TPSA) is 36.4 Å². The highest BCUT2D eigenvalue weighted by molar-refractivity contribution is 7.99. The first-order valence-electron chi connectivity index (χ1n) is 9.74. The summed E-state index contributed by atoms with van der Waals surface area (Å²) < 4.78 is 1.05. The van der Waals surface area contributed by atoms with Crippen LogP contribution in [0.2, 0.25) is 10.0 Å². The van der Waals surface area contributed by atoms with Gasteiger partial charge in [-0.05, 0) is 75.2 Å². The average molecular weight is 483 g/mol. The summed E-state index contributed by atoms with van der Waals surface area (Å²) in [6.07, 6.45) is 1.30.